The summed E-state index contributed by atoms with van der Waals surface area (Å²) in [5.41, 5.74) is 0. The van der Waals surface area contributed by atoms with Gasteiger partial charge < -0.3 is 10.4 Å². The summed E-state index contributed by atoms with van der Waals surface area (Å²) >= 11 is 0. The molecule has 1 saturated heterocycles. The van der Waals surface area contributed by atoms with Crippen LogP contribution < -0.4 is 5.32 Å². The Hall–Kier alpha value is -0.0800. The summed E-state index contributed by atoms with van der Waals surface area (Å²) in [5, 5.41) is 12.2. The van der Waals surface area contributed by atoms with Gasteiger partial charge in [-0.2, -0.15) is 0 Å². The zero-order chi connectivity index (χ0) is 8.10. The van der Waals surface area contributed by atoms with Crippen LogP contribution in [0.1, 0.15) is 32.6 Å². The third-order valence-corrected chi connectivity index (χ3v) is 2.52. The van der Waals surface area contributed by atoms with Gasteiger partial charge in [0.15, 0.2) is 0 Å². The van der Waals surface area contributed by atoms with Crippen molar-refractivity contribution in [3.05, 3.63) is 0 Å². The molecular weight excluding hydrogens is 138 g/mol. The molecule has 2 nitrogen and oxygen atoms in total. The lowest BCUT2D eigenvalue weighted by atomic mass is 9.89. The van der Waals surface area contributed by atoms with E-state index < -0.39 is 0 Å². The molecule has 66 valence electrons. The molecule has 0 aromatic carbocycles. The van der Waals surface area contributed by atoms with E-state index in [1.54, 1.807) is 0 Å². The van der Waals surface area contributed by atoms with Crippen LogP contribution in [-0.2, 0) is 0 Å². The van der Waals surface area contributed by atoms with E-state index in [1.165, 1.54) is 25.7 Å². The van der Waals surface area contributed by atoms with E-state index in [-0.39, 0.29) is 0 Å². The average Bonchev–Trinajstić information content (AvgIpc) is 2.06. The minimum absolute atomic E-state index is 0.306. The van der Waals surface area contributed by atoms with Gasteiger partial charge in [0.25, 0.3) is 0 Å². The predicted molar refractivity (Wildman–Crippen MR) is 46.5 cm³/mol. The van der Waals surface area contributed by atoms with Gasteiger partial charge in [0.05, 0.1) is 6.61 Å². The maximum absolute atomic E-state index is 8.91. The van der Waals surface area contributed by atoms with Crippen molar-refractivity contribution in [2.24, 2.45) is 5.92 Å². The van der Waals surface area contributed by atoms with Crippen LogP contribution in [0.5, 0.6) is 0 Å². The van der Waals surface area contributed by atoms with Crippen molar-refractivity contribution >= 4 is 0 Å². The van der Waals surface area contributed by atoms with Crippen LogP contribution in [0, 0.1) is 5.92 Å². The van der Waals surface area contributed by atoms with Crippen LogP contribution in [0.2, 0.25) is 0 Å². The Morgan fingerprint density at radius 1 is 1.55 bits per heavy atom. The van der Waals surface area contributed by atoms with Crippen LogP contribution in [-0.4, -0.2) is 24.3 Å². The Bertz CT molecular complexity index is 104. The molecule has 0 amide bonds. The van der Waals surface area contributed by atoms with Gasteiger partial charge in [0.2, 0.25) is 0 Å². The largest absolute Gasteiger partial charge is 0.395 e. The van der Waals surface area contributed by atoms with E-state index in [0.717, 1.165) is 12.5 Å². The summed E-state index contributed by atoms with van der Waals surface area (Å²) in [5.74, 6) is 0.860. The Balaban J connectivity index is 2.21. The summed E-state index contributed by atoms with van der Waals surface area (Å²) in [7, 11) is 0. The molecule has 1 aliphatic rings. The number of piperidine rings is 1. The number of aliphatic hydroxyl groups is 1. The van der Waals surface area contributed by atoms with Gasteiger partial charge in [-0.3, -0.25) is 0 Å². The quantitative estimate of drug-likeness (QED) is 0.644. The molecule has 0 aromatic rings. The van der Waals surface area contributed by atoms with E-state index in [9.17, 15) is 0 Å². The number of nitrogens with one attached hydrogen (secondary N) is 1. The predicted octanol–water partition coefficient (Wildman–Crippen LogP) is 1.15. The zero-order valence-electron chi connectivity index (χ0n) is 7.34. The second-order valence-electron chi connectivity index (χ2n) is 3.51. The number of rotatable bonds is 3. The molecular formula is C9H19NO. The minimum Gasteiger partial charge on any atom is -0.395 e. The van der Waals surface area contributed by atoms with Gasteiger partial charge in [0, 0.05) is 6.04 Å². The lowest BCUT2D eigenvalue weighted by Crippen LogP contribution is -2.40. The van der Waals surface area contributed by atoms with E-state index in [4.69, 9.17) is 5.11 Å². The molecule has 1 aliphatic heterocycles. The molecule has 2 heteroatoms. The molecule has 11 heavy (non-hydrogen) atoms. The van der Waals surface area contributed by atoms with Crippen LogP contribution in [0.3, 0.4) is 0 Å². The fourth-order valence-corrected chi connectivity index (χ4v) is 1.90. The molecule has 0 radical (unpaired) electrons. The van der Waals surface area contributed by atoms with Crippen molar-refractivity contribution in [2.75, 3.05) is 13.2 Å². The van der Waals surface area contributed by atoms with Crippen molar-refractivity contribution in [2.45, 2.75) is 38.6 Å². The molecule has 0 saturated carbocycles. The summed E-state index contributed by atoms with van der Waals surface area (Å²) in [6.45, 7) is 3.63. The number of hydrogen-bond donors (Lipinski definition) is 2. The van der Waals surface area contributed by atoms with E-state index in [0.29, 0.717) is 12.6 Å². The fraction of sp³-hybridized carbons (Fsp3) is 1.00. The second kappa shape index (κ2) is 4.73. The molecule has 0 aromatic heterocycles. The normalized spacial score (nSPS) is 32.2. The molecule has 0 aliphatic carbocycles. The van der Waals surface area contributed by atoms with Gasteiger partial charge in [-0.25, -0.2) is 0 Å². The lowest BCUT2D eigenvalue weighted by molar-refractivity contribution is 0.187. The highest BCUT2D eigenvalue weighted by Crippen LogP contribution is 2.20. The summed E-state index contributed by atoms with van der Waals surface area (Å²) in [6, 6.07) is 0.375. The first kappa shape index (κ1) is 9.01. The number of hydrogen-bond acceptors (Lipinski definition) is 2. The zero-order valence-corrected chi connectivity index (χ0v) is 7.34. The third-order valence-electron chi connectivity index (χ3n) is 2.52. The van der Waals surface area contributed by atoms with Gasteiger partial charge >= 0.3 is 0 Å². The highest BCUT2D eigenvalue weighted by molar-refractivity contribution is 4.77. The standard InChI is InChI=1S/C9H19NO/c1-2-3-8-4-5-10-9(6-8)7-11/h8-11H,2-7H2,1H3. The maximum Gasteiger partial charge on any atom is 0.0584 e. The fourth-order valence-electron chi connectivity index (χ4n) is 1.90. The van der Waals surface area contributed by atoms with Gasteiger partial charge in [-0.15, -0.1) is 0 Å². The highest BCUT2D eigenvalue weighted by Gasteiger charge is 2.19. The molecule has 2 atom stereocenters. The van der Waals surface area contributed by atoms with Gasteiger partial charge in [-0.05, 0) is 25.3 Å². The first-order valence-electron chi connectivity index (χ1n) is 4.71. The van der Waals surface area contributed by atoms with Gasteiger partial charge in [-0.1, -0.05) is 19.8 Å². The van der Waals surface area contributed by atoms with Crippen molar-refractivity contribution in [1.82, 2.24) is 5.32 Å². The van der Waals surface area contributed by atoms with Crippen molar-refractivity contribution < 1.29 is 5.11 Å². The molecule has 2 N–H and O–H groups in total. The van der Waals surface area contributed by atoms with E-state index >= 15 is 0 Å². The molecule has 2 unspecified atom stereocenters. The van der Waals surface area contributed by atoms with Crippen LogP contribution in [0.25, 0.3) is 0 Å². The van der Waals surface area contributed by atoms with Crippen molar-refractivity contribution in [1.29, 1.82) is 0 Å². The van der Waals surface area contributed by atoms with Crippen molar-refractivity contribution in [3.8, 4) is 0 Å². The Morgan fingerprint density at radius 2 is 2.36 bits per heavy atom. The average molecular weight is 157 g/mol. The second-order valence-corrected chi connectivity index (χ2v) is 3.51. The van der Waals surface area contributed by atoms with E-state index in [1.807, 2.05) is 0 Å². The highest BCUT2D eigenvalue weighted by atomic mass is 16.3. The van der Waals surface area contributed by atoms with Gasteiger partial charge in [0.1, 0.15) is 0 Å². The number of aliphatic hydroxyl groups excluding tert-OH is 1. The summed E-state index contributed by atoms with van der Waals surface area (Å²) < 4.78 is 0. The Kier molecular flexibility index (Phi) is 3.87. The first-order chi connectivity index (χ1) is 5.36. The maximum atomic E-state index is 8.91. The SMILES string of the molecule is CCCC1CCNC(CO)C1. The lowest BCUT2D eigenvalue weighted by Gasteiger charge is -2.28. The minimum atomic E-state index is 0.306. The Morgan fingerprint density at radius 3 is 3.00 bits per heavy atom. The molecule has 1 rings (SSSR count). The Labute approximate surface area is 69.0 Å². The van der Waals surface area contributed by atoms with Crippen molar-refractivity contribution in [3.63, 3.8) is 0 Å². The monoisotopic (exact) mass is 157 g/mol. The van der Waals surface area contributed by atoms with Crippen LogP contribution in [0.15, 0.2) is 0 Å². The van der Waals surface area contributed by atoms with Crippen LogP contribution in [0.4, 0.5) is 0 Å². The first-order valence-corrected chi connectivity index (χ1v) is 4.71. The molecule has 1 heterocycles. The molecule has 1 fully saturated rings. The smallest absolute Gasteiger partial charge is 0.0584 e. The molecule has 0 spiro atoms. The summed E-state index contributed by atoms with van der Waals surface area (Å²) in [4.78, 5) is 0. The van der Waals surface area contributed by atoms with Crippen LogP contribution >= 0.6 is 0 Å². The van der Waals surface area contributed by atoms with E-state index in [2.05, 4.69) is 12.2 Å². The third kappa shape index (κ3) is 2.80. The topological polar surface area (TPSA) is 32.3 Å². The summed E-state index contributed by atoms with van der Waals surface area (Å²) in [6.07, 6.45) is 5.08. The molecule has 0 bridgehead atoms.